The summed E-state index contributed by atoms with van der Waals surface area (Å²) in [6.45, 7) is 10.0. The van der Waals surface area contributed by atoms with Crippen LogP contribution in [0, 0.1) is 11.8 Å². The van der Waals surface area contributed by atoms with Crippen molar-refractivity contribution in [2.24, 2.45) is 11.8 Å². The van der Waals surface area contributed by atoms with E-state index in [4.69, 9.17) is 4.74 Å². The molecule has 5 rings (SSSR count). The van der Waals surface area contributed by atoms with Crippen molar-refractivity contribution < 1.29 is 14.3 Å². The van der Waals surface area contributed by atoms with Gasteiger partial charge in [-0.1, -0.05) is 0 Å². The fraction of sp³-hybridized carbons (Fsp3) is 0.926. The van der Waals surface area contributed by atoms with Gasteiger partial charge in [0.15, 0.2) is 0 Å². The third kappa shape index (κ3) is 4.90. The van der Waals surface area contributed by atoms with Crippen molar-refractivity contribution in [2.75, 3.05) is 46.4 Å². The van der Waals surface area contributed by atoms with Gasteiger partial charge in [0.1, 0.15) is 6.10 Å². The number of nitrogens with zero attached hydrogens (tertiary/aromatic N) is 4. The van der Waals surface area contributed by atoms with Crippen molar-refractivity contribution in [3.63, 3.8) is 0 Å². The fourth-order valence-corrected chi connectivity index (χ4v) is 7.96. The van der Waals surface area contributed by atoms with Crippen LogP contribution in [0.25, 0.3) is 0 Å². The molecular formula is C27H46N4O3. The number of ether oxygens (including phenoxy) is 1. The summed E-state index contributed by atoms with van der Waals surface area (Å²) in [5, 5.41) is 0. The number of hydrogen-bond donors (Lipinski definition) is 0. The second-order valence-electron chi connectivity index (χ2n) is 11.9. The molecule has 2 aliphatic carbocycles. The third-order valence-corrected chi connectivity index (χ3v) is 9.83. The first-order chi connectivity index (χ1) is 16.4. The minimum Gasteiger partial charge on any atom is -0.368 e. The summed E-state index contributed by atoms with van der Waals surface area (Å²) in [4.78, 5) is 35.5. The number of piperazine rings is 2. The Hall–Kier alpha value is -1.18. The van der Waals surface area contributed by atoms with Crippen LogP contribution in [0.4, 0.5) is 0 Å². The molecule has 0 radical (unpaired) electrons. The lowest BCUT2D eigenvalue weighted by Crippen LogP contribution is -2.68. The van der Waals surface area contributed by atoms with E-state index >= 15 is 0 Å². The predicted octanol–water partition coefficient (Wildman–Crippen LogP) is 2.59. The summed E-state index contributed by atoms with van der Waals surface area (Å²) in [6, 6.07) is 1.18. The number of rotatable bonds is 3. The monoisotopic (exact) mass is 474 g/mol. The molecule has 7 heteroatoms. The van der Waals surface area contributed by atoms with Gasteiger partial charge < -0.3 is 19.4 Å². The normalized spacial score (nSPS) is 40.3. The minimum atomic E-state index is -0.267. The van der Waals surface area contributed by atoms with Crippen LogP contribution in [0.5, 0.6) is 0 Å². The van der Waals surface area contributed by atoms with Crippen molar-refractivity contribution >= 4 is 11.8 Å². The molecule has 0 aromatic rings. The van der Waals surface area contributed by atoms with Gasteiger partial charge in [-0.3, -0.25) is 14.5 Å². The molecule has 7 nitrogen and oxygen atoms in total. The molecule has 5 fully saturated rings. The molecule has 192 valence electrons. The van der Waals surface area contributed by atoms with Crippen LogP contribution in [0.3, 0.4) is 0 Å². The fourth-order valence-electron chi connectivity index (χ4n) is 7.96. The topological polar surface area (TPSA) is 56.3 Å². The molecule has 3 aliphatic heterocycles. The quantitative estimate of drug-likeness (QED) is 0.629. The molecular weight excluding hydrogens is 428 g/mol. The second-order valence-corrected chi connectivity index (χ2v) is 11.9. The number of carbonyl (C=O) groups is 2. The smallest absolute Gasteiger partial charge is 0.252 e. The molecule has 34 heavy (non-hydrogen) atoms. The SMILES string of the molecule is CC(=O)N1C2CCC(C3CCC(N4CCN(C)CC4)CC3)CC2N(C(=O)C2CCCO2)C[C@@H]1C. The number of carbonyl (C=O) groups excluding carboxylic acids is 2. The van der Waals surface area contributed by atoms with Gasteiger partial charge >= 0.3 is 0 Å². The average molecular weight is 475 g/mol. The molecule has 0 N–H and O–H groups in total. The molecule has 5 aliphatic rings. The predicted molar refractivity (Wildman–Crippen MR) is 132 cm³/mol. The van der Waals surface area contributed by atoms with E-state index in [2.05, 4.69) is 33.6 Å². The molecule has 2 amide bonds. The summed E-state index contributed by atoms with van der Waals surface area (Å²) in [5.74, 6) is 1.80. The first-order valence-electron chi connectivity index (χ1n) is 14.1. The van der Waals surface area contributed by atoms with Crippen LogP contribution >= 0.6 is 0 Å². The highest BCUT2D eigenvalue weighted by Gasteiger charge is 2.48. The average Bonchev–Trinajstić information content (AvgIpc) is 3.38. The van der Waals surface area contributed by atoms with Gasteiger partial charge in [-0.25, -0.2) is 0 Å². The lowest BCUT2D eigenvalue weighted by molar-refractivity contribution is -0.160. The Morgan fingerprint density at radius 2 is 1.56 bits per heavy atom. The Morgan fingerprint density at radius 3 is 2.21 bits per heavy atom. The largest absolute Gasteiger partial charge is 0.368 e. The third-order valence-electron chi connectivity index (χ3n) is 9.83. The van der Waals surface area contributed by atoms with Gasteiger partial charge in [0, 0.05) is 58.3 Å². The van der Waals surface area contributed by atoms with Crippen LogP contribution in [0.2, 0.25) is 0 Å². The maximum atomic E-state index is 13.5. The van der Waals surface area contributed by atoms with Crippen LogP contribution < -0.4 is 0 Å². The van der Waals surface area contributed by atoms with Crippen LogP contribution in [0.15, 0.2) is 0 Å². The highest BCUT2D eigenvalue weighted by Crippen LogP contribution is 2.43. The van der Waals surface area contributed by atoms with Crippen molar-refractivity contribution in [3.8, 4) is 0 Å². The van der Waals surface area contributed by atoms with Crippen molar-refractivity contribution in [1.82, 2.24) is 19.6 Å². The maximum absolute atomic E-state index is 13.5. The zero-order valence-corrected chi connectivity index (χ0v) is 21.7. The lowest BCUT2D eigenvalue weighted by Gasteiger charge is -2.55. The first-order valence-corrected chi connectivity index (χ1v) is 14.1. The van der Waals surface area contributed by atoms with Gasteiger partial charge in [-0.15, -0.1) is 0 Å². The molecule has 3 saturated heterocycles. The molecule has 0 aromatic carbocycles. The number of fused-ring (bicyclic) bond motifs is 1. The molecule has 0 aromatic heterocycles. The zero-order chi connectivity index (χ0) is 23.8. The summed E-state index contributed by atoms with van der Waals surface area (Å²) in [6.07, 6.45) is 10.2. The molecule has 0 bridgehead atoms. The molecule has 0 spiro atoms. The summed E-state index contributed by atoms with van der Waals surface area (Å²) in [5.41, 5.74) is 0. The summed E-state index contributed by atoms with van der Waals surface area (Å²) >= 11 is 0. The van der Waals surface area contributed by atoms with E-state index in [1.807, 2.05) is 0 Å². The van der Waals surface area contributed by atoms with Crippen molar-refractivity contribution in [2.45, 2.75) is 102 Å². The highest BCUT2D eigenvalue weighted by atomic mass is 16.5. The number of hydrogen-bond acceptors (Lipinski definition) is 5. The van der Waals surface area contributed by atoms with Gasteiger partial charge in [-0.2, -0.15) is 0 Å². The highest BCUT2D eigenvalue weighted by molar-refractivity contribution is 5.82. The molecule has 3 heterocycles. The molecule has 4 unspecified atom stereocenters. The summed E-state index contributed by atoms with van der Waals surface area (Å²) in [7, 11) is 2.23. The van der Waals surface area contributed by atoms with E-state index in [0.29, 0.717) is 19.1 Å². The Morgan fingerprint density at radius 1 is 0.853 bits per heavy atom. The van der Waals surface area contributed by atoms with Crippen molar-refractivity contribution in [3.05, 3.63) is 0 Å². The lowest BCUT2D eigenvalue weighted by atomic mass is 9.68. The van der Waals surface area contributed by atoms with E-state index in [9.17, 15) is 9.59 Å². The minimum absolute atomic E-state index is 0.0830. The van der Waals surface area contributed by atoms with E-state index in [1.54, 1.807) is 6.92 Å². The Bertz CT molecular complexity index is 725. The van der Waals surface area contributed by atoms with Crippen LogP contribution in [-0.4, -0.2) is 108 Å². The summed E-state index contributed by atoms with van der Waals surface area (Å²) < 4.78 is 5.80. The standard InChI is InChI=1S/C27H46N4O3/c1-19-18-30(27(33)26-5-4-16-34-26)25-17-22(8-11-24(25)31(19)20(2)32)21-6-9-23(10-7-21)29-14-12-28(3)13-15-29/h19,21-26H,4-18H2,1-3H3/t19-,21?,22?,23?,24?,25?,26?/m0/s1. The van der Waals surface area contributed by atoms with Gasteiger partial charge in [0.25, 0.3) is 5.91 Å². The Kier molecular flexibility index (Phi) is 7.52. The van der Waals surface area contributed by atoms with E-state index < -0.39 is 0 Å². The van der Waals surface area contributed by atoms with E-state index in [-0.39, 0.29) is 36.0 Å². The van der Waals surface area contributed by atoms with Crippen LogP contribution in [-0.2, 0) is 14.3 Å². The number of amides is 2. The second kappa shape index (κ2) is 10.4. The molecule has 2 saturated carbocycles. The zero-order valence-electron chi connectivity index (χ0n) is 21.7. The van der Waals surface area contributed by atoms with Crippen molar-refractivity contribution in [1.29, 1.82) is 0 Å². The van der Waals surface area contributed by atoms with E-state index in [1.165, 1.54) is 58.3 Å². The maximum Gasteiger partial charge on any atom is 0.252 e. The molecule has 5 atom stereocenters. The Balaban J connectivity index is 1.24. The van der Waals surface area contributed by atoms with Gasteiger partial charge in [0.2, 0.25) is 5.91 Å². The Labute approximate surface area is 206 Å². The van der Waals surface area contributed by atoms with Crippen LogP contribution in [0.1, 0.15) is 71.6 Å². The number of likely N-dealkylation sites (N-methyl/N-ethyl adjacent to an activating group) is 1. The van der Waals surface area contributed by atoms with E-state index in [0.717, 1.165) is 37.6 Å². The van der Waals surface area contributed by atoms with Gasteiger partial charge in [0.05, 0.1) is 12.1 Å². The van der Waals surface area contributed by atoms with Gasteiger partial charge in [-0.05, 0) is 83.6 Å². The first kappa shape index (κ1) is 24.5.